The molecule has 0 aliphatic rings. The molecule has 0 aromatic rings. The molecule has 0 aliphatic carbocycles. The number of hydrogen-bond acceptors (Lipinski definition) is 0. The average molecular weight is 135 g/mol. The van der Waals surface area contributed by atoms with Gasteiger partial charge in [-0.1, -0.05) is 0 Å². The fourth-order valence-corrected chi connectivity index (χ4v) is 0.750. The van der Waals surface area contributed by atoms with Crippen LogP contribution in [0, 0.1) is 0 Å². The van der Waals surface area contributed by atoms with E-state index in [1.165, 1.54) is 19.6 Å². The highest BCUT2D eigenvalue weighted by molar-refractivity contribution is 7.37. The molecular formula is C6H17NS. The Bertz CT molecular complexity index is 34.5. The Labute approximate surface area is 61.0 Å². The molecule has 0 aromatic carbocycles. The molecule has 0 atom stereocenters. The van der Waals surface area contributed by atoms with Crippen LogP contribution >= 0.6 is 0 Å². The van der Waals surface area contributed by atoms with Gasteiger partial charge < -0.3 is 18.4 Å². The molecule has 0 amide bonds. The summed E-state index contributed by atoms with van der Waals surface area (Å²) in [7, 11) is 0. The predicted octanol–water partition coefficient (Wildman–Crippen LogP) is 0.0411. The van der Waals surface area contributed by atoms with Gasteiger partial charge in [0.15, 0.2) is 0 Å². The highest BCUT2D eigenvalue weighted by Gasteiger charge is 1.92. The monoisotopic (exact) mass is 135 g/mol. The van der Waals surface area contributed by atoms with E-state index in [0.29, 0.717) is 0 Å². The van der Waals surface area contributed by atoms with Gasteiger partial charge in [-0.25, -0.2) is 0 Å². The molecule has 1 N–H and O–H groups in total. The van der Waals surface area contributed by atoms with Crippen molar-refractivity contribution in [2.45, 2.75) is 20.8 Å². The fourth-order valence-electron chi connectivity index (χ4n) is 0.750. The second-order valence-corrected chi connectivity index (χ2v) is 1.81. The smallest absolute Gasteiger partial charge is 1.00 e. The predicted molar refractivity (Wildman–Crippen MR) is 41.1 cm³/mol. The Balaban J connectivity index is -0.000000180. The number of nitrogens with one attached hydrogen (secondary N) is 1. The van der Waals surface area contributed by atoms with Crippen LogP contribution in [-0.4, -0.2) is 19.6 Å². The molecule has 0 radical (unpaired) electrons. The van der Waals surface area contributed by atoms with Gasteiger partial charge in [0, 0.05) is 0 Å². The minimum atomic E-state index is 0. The first kappa shape index (κ1) is 11.2. The van der Waals surface area contributed by atoms with Crippen molar-refractivity contribution in [2.75, 3.05) is 19.6 Å². The molecule has 0 rings (SSSR count). The van der Waals surface area contributed by atoms with E-state index in [2.05, 4.69) is 20.8 Å². The zero-order valence-corrected chi connectivity index (χ0v) is 6.85. The Morgan fingerprint density at radius 2 is 1.25 bits per heavy atom. The second-order valence-electron chi connectivity index (χ2n) is 1.81. The Morgan fingerprint density at radius 3 is 1.25 bits per heavy atom. The van der Waals surface area contributed by atoms with Crippen molar-refractivity contribution in [1.82, 2.24) is 0 Å². The molecule has 0 heterocycles. The van der Waals surface area contributed by atoms with Gasteiger partial charge in [-0.15, -0.1) is 0 Å². The molecule has 0 unspecified atom stereocenters. The molecule has 0 fully saturated rings. The Kier molecular flexibility index (Phi) is 10.2. The summed E-state index contributed by atoms with van der Waals surface area (Å²) < 4.78 is 0. The number of rotatable bonds is 3. The molecule has 2 heteroatoms. The maximum absolute atomic E-state index is 2.22. The largest absolute Gasteiger partial charge is 2.00 e. The van der Waals surface area contributed by atoms with E-state index in [4.69, 9.17) is 0 Å². The van der Waals surface area contributed by atoms with Crippen LogP contribution in [0.4, 0.5) is 0 Å². The lowest BCUT2D eigenvalue weighted by Gasteiger charge is -2.10. The third kappa shape index (κ3) is 4.47. The highest BCUT2D eigenvalue weighted by atomic mass is 32.1. The molecule has 52 valence electrons. The second kappa shape index (κ2) is 7.31. The van der Waals surface area contributed by atoms with Crippen LogP contribution in [0.15, 0.2) is 0 Å². The number of hydrogen-bond donors (Lipinski definition) is 1. The van der Waals surface area contributed by atoms with E-state index >= 15 is 0 Å². The maximum atomic E-state index is 2.22. The lowest BCUT2D eigenvalue weighted by molar-refractivity contribution is -0.894. The molecule has 8 heavy (non-hydrogen) atoms. The highest BCUT2D eigenvalue weighted by Crippen LogP contribution is 1.45. The normalized spacial score (nSPS) is 9.00. The summed E-state index contributed by atoms with van der Waals surface area (Å²) in [6, 6.07) is 0. The van der Waals surface area contributed by atoms with E-state index in [9.17, 15) is 0 Å². The van der Waals surface area contributed by atoms with Crippen molar-refractivity contribution < 1.29 is 6.33 Å². The van der Waals surface area contributed by atoms with Gasteiger partial charge in [-0.2, -0.15) is 0 Å². The molecule has 0 aliphatic heterocycles. The Morgan fingerprint density at radius 1 is 1.00 bits per heavy atom. The van der Waals surface area contributed by atoms with Crippen molar-refractivity contribution >= 4 is 13.5 Å². The molecule has 0 aromatic heterocycles. The molecule has 0 saturated heterocycles. The standard InChI is InChI=1S/C6H15N.S/c1-4-7(5-2)6-3;/h4-6H2,1-3H3;/q;-2/p+2. The minimum absolute atomic E-state index is 0. The summed E-state index contributed by atoms with van der Waals surface area (Å²) in [5.41, 5.74) is 0. The Hall–Kier alpha value is 0.310. The van der Waals surface area contributed by atoms with Gasteiger partial charge in [0.2, 0.25) is 0 Å². The van der Waals surface area contributed by atoms with E-state index in [1.807, 2.05) is 0 Å². The summed E-state index contributed by atoms with van der Waals surface area (Å²) in [6.07, 6.45) is 0. The van der Waals surface area contributed by atoms with Crippen LogP contribution in [0.25, 0.3) is 0 Å². The lowest BCUT2D eigenvalue weighted by Crippen LogP contribution is -3.11. The van der Waals surface area contributed by atoms with Gasteiger partial charge in [-0.05, 0) is 20.8 Å². The summed E-state index contributed by atoms with van der Waals surface area (Å²) in [6.45, 7) is 10.5. The van der Waals surface area contributed by atoms with Gasteiger partial charge in [0.05, 0.1) is 19.6 Å². The molecule has 1 nitrogen and oxygen atoms in total. The molecule has 0 bridgehead atoms. The molecular weight excluding hydrogens is 118 g/mol. The number of quaternary nitrogens is 1. The zero-order valence-electron chi connectivity index (χ0n) is 7.03. The van der Waals surface area contributed by atoms with Gasteiger partial charge in [0.1, 0.15) is 0 Å². The lowest BCUT2D eigenvalue weighted by atomic mass is 10.5. The van der Waals surface area contributed by atoms with Gasteiger partial charge in [0.25, 0.3) is 0 Å². The summed E-state index contributed by atoms with van der Waals surface area (Å²) in [5.74, 6) is 0. The van der Waals surface area contributed by atoms with E-state index in [1.54, 1.807) is 4.90 Å². The average Bonchev–Trinajstić information content (AvgIpc) is 1.72. The fraction of sp³-hybridized carbons (Fsp3) is 1.00. The van der Waals surface area contributed by atoms with Crippen LogP contribution in [0.1, 0.15) is 22.2 Å². The SMILES string of the molecule is CC[NH+](CC)CC.[H+].[S-2]. The van der Waals surface area contributed by atoms with Gasteiger partial charge in [-0.3, -0.25) is 0 Å². The van der Waals surface area contributed by atoms with E-state index in [0.717, 1.165) is 0 Å². The van der Waals surface area contributed by atoms with Crippen molar-refractivity contribution in [1.29, 1.82) is 0 Å². The topological polar surface area (TPSA) is 4.44 Å². The zero-order chi connectivity index (χ0) is 5.70. The quantitative estimate of drug-likeness (QED) is 0.557. The van der Waals surface area contributed by atoms with Crippen LogP contribution in [-0.2, 0) is 13.5 Å². The van der Waals surface area contributed by atoms with Crippen molar-refractivity contribution in [3.63, 3.8) is 0 Å². The maximum Gasteiger partial charge on any atom is 1.00 e. The van der Waals surface area contributed by atoms with Crippen molar-refractivity contribution in [2.24, 2.45) is 0 Å². The van der Waals surface area contributed by atoms with Crippen LogP contribution in [0.5, 0.6) is 0 Å². The third-order valence-electron chi connectivity index (χ3n) is 1.50. The van der Waals surface area contributed by atoms with Gasteiger partial charge >= 0.3 is 1.43 Å². The molecule has 0 spiro atoms. The first-order chi connectivity index (χ1) is 3.35. The van der Waals surface area contributed by atoms with Crippen molar-refractivity contribution in [3.8, 4) is 0 Å². The summed E-state index contributed by atoms with van der Waals surface area (Å²) in [5, 5.41) is 0. The van der Waals surface area contributed by atoms with Crippen LogP contribution in [0.2, 0.25) is 0 Å². The summed E-state index contributed by atoms with van der Waals surface area (Å²) >= 11 is 0. The van der Waals surface area contributed by atoms with Crippen LogP contribution < -0.4 is 4.90 Å². The van der Waals surface area contributed by atoms with Crippen molar-refractivity contribution in [3.05, 3.63) is 0 Å². The third-order valence-corrected chi connectivity index (χ3v) is 1.50. The first-order valence-corrected chi connectivity index (χ1v) is 3.18. The first-order valence-electron chi connectivity index (χ1n) is 3.18. The summed E-state index contributed by atoms with van der Waals surface area (Å²) in [4.78, 5) is 1.68. The van der Waals surface area contributed by atoms with E-state index < -0.39 is 0 Å². The minimum Gasteiger partial charge on any atom is -2.00 e. The molecule has 0 saturated carbocycles. The van der Waals surface area contributed by atoms with E-state index in [-0.39, 0.29) is 14.9 Å². The van der Waals surface area contributed by atoms with Crippen LogP contribution in [0.3, 0.4) is 0 Å².